The van der Waals surface area contributed by atoms with Crippen molar-refractivity contribution in [1.29, 1.82) is 0 Å². The maximum Gasteiger partial charge on any atom is 0.227 e. The lowest BCUT2D eigenvalue weighted by molar-refractivity contribution is -0.138. The zero-order valence-electron chi connectivity index (χ0n) is 18.1. The Labute approximate surface area is 175 Å². The van der Waals surface area contributed by atoms with Gasteiger partial charge in [-0.2, -0.15) is 0 Å². The van der Waals surface area contributed by atoms with Gasteiger partial charge in [0.15, 0.2) is 0 Å². The molecule has 2 unspecified atom stereocenters. The molecule has 156 valence electrons. The molecule has 29 heavy (non-hydrogen) atoms. The molecule has 1 aliphatic heterocycles. The third kappa shape index (κ3) is 4.39. The average molecular weight is 394 g/mol. The van der Waals surface area contributed by atoms with Crippen molar-refractivity contribution in [3.8, 4) is 0 Å². The minimum absolute atomic E-state index is 0.0140. The fourth-order valence-electron chi connectivity index (χ4n) is 4.96. The van der Waals surface area contributed by atoms with E-state index in [9.17, 15) is 4.79 Å². The van der Waals surface area contributed by atoms with Crippen LogP contribution >= 0.6 is 0 Å². The van der Waals surface area contributed by atoms with E-state index >= 15 is 0 Å². The molecule has 2 aromatic carbocycles. The average Bonchev–Trinajstić information content (AvgIpc) is 2.78. The van der Waals surface area contributed by atoms with E-state index in [0.29, 0.717) is 6.54 Å². The van der Waals surface area contributed by atoms with Gasteiger partial charge in [0.1, 0.15) is 0 Å². The Balaban J connectivity index is 1.76. The van der Waals surface area contributed by atoms with E-state index in [1.165, 1.54) is 11.1 Å². The van der Waals surface area contributed by atoms with E-state index < -0.39 is 0 Å². The van der Waals surface area contributed by atoms with Crippen LogP contribution in [0, 0.1) is 5.92 Å². The van der Waals surface area contributed by atoms with Gasteiger partial charge < -0.3 is 10.6 Å². The van der Waals surface area contributed by atoms with Crippen molar-refractivity contribution in [2.24, 2.45) is 11.7 Å². The van der Waals surface area contributed by atoms with Crippen LogP contribution < -0.4 is 5.73 Å². The molecule has 0 bridgehead atoms. The number of hydrogen-bond donors (Lipinski definition) is 1. The summed E-state index contributed by atoms with van der Waals surface area (Å²) in [6.07, 6.45) is 2.79. The fraction of sp³-hybridized carbons (Fsp3) is 0.480. The summed E-state index contributed by atoms with van der Waals surface area (Å²) in [4.78, 5) is 17.8. The largest absolute Gasteiger partial charge is 0.342 e. The topological polar surface area (TPSA) is 49.6 Å². The molecule has 0 aliphatic carbocycles. The molecule has 2 N–H and O–H groups in total. The van der Waals surface area contributed by atoms with E-state index in [1.807, 2.05) is 23.1 Å². The zero-order chi connectivity index (χ0) is 20.9. The molecule has 2 atom stereocenters. The van der Waals surface area contributed by atoms with Gasteiger partial charge in [0.2, 0.25) is 5.91 Å². The molecule has 1 aliphatic rings. The Bertz CT molecular complexity index is 767. The third-order valence-corrected chi connectivity index (χ3v) is 6.79. The van der Waals surface area contributed by atoms with Crippen molar-refractivity contribution in [1.82, 2.24) is 9.80 Å². The first-order valence-corrected chi connectivity index (χ1v) is 10.8. The number of benzene rings is 2. The smallest absolute Gasteiger partial charge is 0.227 e. The molecule has 4 nitrogen and oxygen atoms in total. The molecule has 3 rings (SSSR count). The maximum absolute atomic E-state index is 13.5. The normalized spacial score (nSPS) is 18.4. The molecular formula is C25H35N3O. The Kier molecular flexibility index (Phi) is 7.09. The molecule has 4 heteroatoms. The number of nitrogens with zero attached hydrogens (tertiary/aromatic N) is 2. The first-order chi connectivity index (χ1) is 14.0. The molecule has 1 amide bonds. The van der Waals surface area contributed by atoms with Crippen LogP contribution in [-0.4, -0.2) is 49.4 Å². The monoisotopic (exact) mass is 393 g/mol. The van der Waals surface area contributed by atoms with E-state index in [1.54, 1.807) is 0 Å². The minimum atomic E-state index is -0.161. The van der Waals surface area contributed by atoms with Gasteiger partial charge in [-0.15, -0.1) is 0 Å². The van der Waals surface area contributed by atoms with Crippen molar-refractivity contribution in [3.63, 3.8) is 0 Å². The molecule has 1 saturated heterocycles. The number of likely N-dealkylation sites (tertiary alicyclic amines) is 1. The molecule has 0 saturated carbocycles. The van der Waals surface area contributed by atoms with Crippen molar-refractivity contribution < 1.29 is 4.79 Å². The van der Waals surface area contributed by atoms with Crippen LogP contribution in [0.5, 0.6) is 0 Å². The number of amides is 1. The van der Waals surface area contributed by atoms with Crippen molar-refractivity contribution >= 4 is 5.91 Å². The molecule has 0 radical (unpaired) electrons. The minimum Gasteiger partial charge on any atom is -0.342 e. The molecular weight excluding hydrogens is 358 g/mol. The van der Waals surface area contributed by atoms with E-state index in [2.05, 4.69) is 68.4 Å². The molecule has 0 aromatic heterocycles. The van der Waals surface area contributed by atoms with E-state index in [-0.39, 0.29) is 23.3 Å². The van der Waals surface area contributed by atoms with Crippen LogP contribution in [0.25, 0.3) is 0 Å². The van der Waals surface area contributed by atoms with Crippen molar-refractivity contribution in [2.75, 3.05) is 33.7 Å². The third-order valence-electron chi connectivity index (χ3n) is 6.79. The number of carbonyl (C=O) groups is 1. The maximum atomic E-state index is 13.5. The predicted octanol–water partition coefficient (Wildman–Crippen LogP) is 3.83. The van der Waals surface area contributed by atoms with Gasteiger partial charge in [0.25, 0.3) is 0 Å². The summed E-state index contributed by atoms with van der Waals surface area (Å²) in [6, 6.07) is 21.0. The Morgan fingerprint density at radius 3 is 2.07 bits per heavy atom. The summed E-state index contributed by atoms with van der Waals surface area (Å²) in [5, 5.41) is 0. The summed E-state index contributed by atoms with van der Waals surface area (Å²) >= 11 is 0. The van der Waals surface area contributed by atoms with Gasteiger partial charge in [0, 0.05) is 25.2 Å². The number of carbonyl (C=O) groups excluding carboxylic acids is 1. The number of piperidine rings is 1. The van der Waals surface area contributed by atoms with Crippen LogP contribution in [0.4, 0.5) is 0 Å². The van der Waals surface area contributed by atoms with Crippen LogP contribution in [0.15, 0.2) is 60.7 Å². The molecule has 1 heterocycles. The summed E-state index contributed by atoms with van der Waals surface area (Å²) in [5.41, 5.74) is 8.66. The lowest BCUT2D eigenvalue weighted by atomic mass is 9.78. The highest BCUT2D eigenvalue weighted by Crippen LogP contribution is 2.38. The van der Waals surface area contributed by atoms with E-state index in [0.717, 1.165) is 32.4 Å². The van der Waals surface area contributed by atoms with Gasteiger partial charge in [-0.05, 0) is 50.4 Å². The number of rotatable bonds is 7. The van der Waals surface area contributed by atoms with Gasteiger partial charge in [-0.25, -0.2) is 0 Å². The van der Waals surface area contributed by atoms with Gasteiger partial charge in [-0.1, -0.05) is 67.6 Å². The lowest BCUT2D eigenvalue weighted by Gasteiger charge is -2.47. The quantitative estimate of drug-likeness (QED) is 0.778. The lowest BCUT2D eigenvalue weighted by Crippen LogP contribution is -2.53. The summed E-state index contributed by atoms with van der Waals surface area (Å²) in [7, 11) is 4.30. The highest BCUT2D eigenvalue weighted by Gasteiger charge is 2.41. The number of hydrogen-bond acceptors (Lipinski definition) is 3. The molecule has 0 spiro atoms. The van der Waals surface area contributed by atoms with Gasteiger partial charge in [-0.3, -0.25) is 9.69 Å². The van der Waals surface area contributed by atoms with Gasteiger partial charge >= 0.3 is 0 Å². The highest BCUT2D eigenvalue weighted by atomic mass is 16.2. The first kappa shape index (κ1) is 21.5. The van der Waals surface area contributed by atoms with E-state index in [4.69, 9.17) is 5.73 Å². The van der Waals surface area contributed by atoms with Crippen molar-refractivity contribution in [2.45, 2.75) is 37.6 Å². The van der Waals surface area contributed by atoms with Crippen LogP contribution in [0.2, 0.25) is 0 Å². The summed E-state index contributed by atoms with van der Waals surface area (Å²) in [5.74, 6) is 0.220. The standard InChI is InChI=1S/C25H35N3O/c1-4-22(20-11-7-5-8-12-20)23(19-26)24(29)28-17-15-25(16-18-28,27(2)3)21-13-9-6-10-14-21/h5-14,22-23H,4,15-19,26H2,1-3H3. The highest BCUT2D eigenvalue weighted by molar-refractivity contribution is 5.80. The predicted molar refractivity (Wildman–Crippen MR) is 120 cm³/mol. The molecule has 1 fully saturated rings. The first-order valence-electron chi connectivity index (χ1n) is 10.8. The second-order valence-corrected chi connectivity index (χ2v) is 8.38. The van der Waals surface area contributed by atoms with Crippen LogP contribution in [-0.2, 0) is 10.3 Å². The van der Waals surface area contributed by atoms with Crippen LogP contribution in [0.1, 0.15) is 43.2 Å². The second-order valence-electron chi connectivity index (χ2n) is 8.38. The number of nitrogens with two attached hydrogens (primary N) is 1. The molecule has 2 aromatic rings. The van der Waals surface area contributed by atoms with Gasteiger partial charge in [0.05, 0.1) is 5.92 Å². The van der Waals surface area contributed by atoms with Crippen LogP contribution in [0.3, 0.4) is 0 Å². The summed E-state index contributed by atoms with van der Waals surface area (Å²) < 4.78 is 0. The van der Waals surface area contributed by atoms with Crippen molar-refractivity contribution in [3.05, 3.63) is 71.8 Å². The fourth-order valence-corrected chi connectivity index (χ4v) is 4.96. The SMILES string of the molecule is CCC(c1ccccc1)C(CN)C(=O)N1CCC(c2ccccc2)(N(C)C)CC1. The summed E-state index contributed by atoms with van der Waals surface area (Å²) in [6.45, 7) is 4.08. The Morgan fingerprint density at radius 1 is 1.03 bits per heavy atom. The zero-order valence-corrected chi connectivity index (χ0v) is 18.1. The Morgan fingerprint density at radius 2 is 1.59 bits per heavy atom. The Hall–Kier alpha value is -2.17. The second kappa shape index (κ2) is 9.55.